The van der Waals surface area contributed by atoms with E-state index in [0.29, 0.717) is 12.2 Å². The van der Waals surface area contributed by atoms with Crippen LogP contribution in [0.25, 0.3) is 10.9 Å². The molecule has 1 aromatic heterocycles. The lowest BCUT2D eigenvalue weighted by molar-refractivity contribution is -0.0721. The highest BCUT2D eigenvalue weighted by atomic mass is 127. The van der Waals surface area contributed by atoms with E-state index in [1.54, 1.807) is 0 Å². The van der Waals surface area contributed by atoms with Crippen molar-refractivity contribution in [1.29, 1.82) is 0 Å². The largest absolute Gasteiger partial charge is 0.376 e. The topological polar surface area (TPSA) is 61.9 Å². The van der Waals surface area contributed by atoms with Crippen LogP contribution in [0, 0.1) is 6.92 Å². The molecule has 7 heteroatoms. The monoisotopic (exact) mass is 540 g/mol. The van der Waals surface area contributed by atoms with Crippen LogP contribution < -0.4 is 5.32 Å². The fourth-order valence-corrected chi connectivity index (χ4v) is 4.63. The standard InChI is InChI=1S/C24H36N4O2.HI/c1-18-6-5-8-22-19(16-27-23(18)22)9-12-26-24(25-2)28-13-10-20(11-14-28)30-17-21-7-3-4-15-29-21;/h5-6,8,16,20-21,27H,3-4,7,9-15,17H2,1-2H3,(H,25,26);1H. The van der Waals surface area contributed by atoms with Crippen LogP contribution in [0.4, 0.5) is 0 Å². The van der Waals surface area contributed by atoms with E-state index in [1.165, 1.54) is 34.9 Å². The second kappa shape index (κ2) is 12.1. The number of nitrogens with one attached hydrogen (secondary N) is 2. The van der Waals surface area contributed by atoms with Gasteiger partial charge in [0.05, 0.1) is 18.8 Å². The maximum absolute atomic E-state index is 6.15. The molecule has 2 fully saturated rings. The van der Waals surface area contributed by atoms with Crippen molar-refractivity contribution in [2.75, 3.05) is 39.9 Å². The third-order valence-electron chi connectivity index (χ3n) is 6.43. The molecule has 0 aliphatic carbocycles. The third-order valence-corrected chi connectivity index (χ3v) is 6.43. The number of aromatic amines is 1. The van der Waals surface area contributed by atoms with E-state index in [9.17, 15) is 0 Å². The quantitative estimate of drug-likeness (QED) is 0.327. The number of fused-ring (bicyclic) bond motifs is 1. The predicted octanol–water partition coefficient (Wildman–Crippen LogP) is 4.26. The van der Waals surface area contributed by atoms with Gasteiger partial charge in [-0.05, 0) is 56.6 Å². The Morgan fingerprint density at radius 1 is 1.26 bits per heavy atom. The van der Waals surface area contributed by atoms with Crippen molar-refractivity contribution in [3.05, 3.63) is 35.5 Å². The van der Waals surface area contributed by atoms with E-state index in [-0.39, 0.29) is 24.0 Å². The SMILES string of the molecule is CN=C(NCCc1c[nH]c2c(C)cccc12)N1CCC(OCC2CCCCO2)CC1.I. The third kappa shape index (κ3) is 6.35. The van der Waals surface area contributed by atoms with Crippen molar-refractivity contribution < 1.29 is 9.47 Å². The number of hydrogen-bond acceptors (Lipinski definition) is 3. The molecule has 0 spiro atoms. The Kier molecular flexibility index (Phi) is 9.47. The minimum atomic E-state index is 0. The lowest BCUT2D eigenvalue weighted by Gasteiger charge is -2.35. The number of aromatic nitrogens is 1. The molecule has 0 amide bonds. The molecule has 2 saturated heterocycles. The highest BCUT2D eigenvalue weighted by Gasteiger charge is 2.23. The van der Waals surface area contributed by atoms with Crippen molar-refractivity contribution in [2.24, 2.45) is 4.99 Å². The number of halogens is 1. The number of hydrogen-bond donors (Lipinski definition) is 2. The van der Waals surface area contributed by atoms with Gasteiger partial charge in [0.2, 0.25) is 0 Å². The van der Waals surface area contributed by atoms with Crippen molar-refractivity contribution >= 4 is 40.8 Å². The van der Waals surface area contributed by atoms with Crippen LogP contribution >= 0.6 is 24.0 Å². The van der Waals surface area contributed by atoms with Crippen LogP contribution in [0.5, 0.6) is 0 Å². The second-order valence-corrected chi connectivity index (χ2v) is 8.54. The number of aryl methyl sites for hydroxylation is 1. The number of guanidine groups is 1. The molecule has 3 heterocycles. The first-order chi connectivity index (χ1) is 14.7. The van der Waals surface area contributed by atoms with Gasteiger partial charge in [-0.15, -0.1) is 24.0 Å². The van der Waals surface area contributed by atoms with E-state index in [4.69, 9.17) is 9.47 Å². The first kappa shape index (κ1) is 24.3. The van der Waals surface area contributed by atoms with E-state index in [0.717, 1.165) is 64.5 Å². The van der Waals surface area contributed by atoms with E-state index in [2.05, 4.69) is 51.5 Å². The highest BCUT2D eigenvalue weighted by Crippen LogP contribution is 2.21. The summed E-state index contributed by atoms with van der Waals surface area (Å²) in [5, 5.41) is 4.88. The first-order valence-electron chi connectivity index (χ1n) is 11.5. The predicted molar refractivity (Wildman–Crippen MR) is 138 cm³/mol. The summed E-state index contributed by atoms with van der Waals surface area (Å²) in [6.07, 6.45) is 9.48. The van der Waals surface area contributed by atoms with E-state index in [1.807, 2.05) is 7.05 Å². The van der Waals surface area contributed by atoms with Crippen LogP contribution in [-0.4, -0.2) is 67.9 Å². The summed E-state index contributed by atoms with van der Waals surface area (Å²) < 4.78 is 11.9. The molecule has 0 bridgehead atoms. The highest BCUT2D eigenvalue weighted by molar-refractivity contribution is 14.0. The van der Waals surface area contributed by atoms with E-state index >= 15 is 0 Å². The molecule has 1 aromatic carbocycles. The Labute approximate surface area is 203 Å². The number of rotatable bonds is 6. The summed E-state index contributed by atoms with van der Waals surface area (Å²) >= 11 is 0. The van der Waals surface area contributed by atoms with Gasteiger partial charge in [0.15, 0.2) is 5.96 Å². The van der Waals surface area contributed by atoms with Crippen LogP contribution in [0.2, 0.25) is 0 Å². The molecular weight excluding hydrogens is 503 g/mol. The van der Waals surface area contributed by atoms with Crippen molar-refractivity contribution in [1.82, 2.24) is 15.2 Å². The fraction of sp³-hybridized carbons (Fsp3) is 0.625. The average Bonchev–Trinajstić information content (AvgIpc) is 3.21. The van der Waals surface area contributed by atoms with Gasteiger partial charge >= 0.3 is 0 Å². The van der Waals surface area contributed by atoms with Gasteiger partial charge in [-0.3, -0.25) is 4.99 Å². The van der Waals surface area contributed by atoms with Crippen LogP contribution in [0.3, 0.4) is 0 Å². The average molecular weight is 540 g/mol. The summed E-state index contributed by atoms with van der Waals surface area (Å²) in [6, 6.07) is 6.48. The molecule has 0 radical (unpaired) electrons. The zero-order chi connectivity index (χ0) is 20.8. The van der Waals surface area contributed by atoms with Gasteiger partial charge in [0.1, 0.15) is 0 Å². The number of ether oxygens (including phenoxy) is 2. The van der Waals surface area contributed by atoms with Gasteiger partial charge in [-0.1, -0.05) is 18.2 Å². The summed E-state index contributed by atoms with van der Waals surface area (Å²) in [4.78, 5) is 10.3. The maximum Gasteiger partial charge on any atom is 0.193 e. The van der Waals surface area contributed by atoms with Gasteiger partial charge in [0.25, 0.3) is 0 Å². The molecule has 2 aliphatic heterocycles. The van der Waals surface area contributed by atoms with E-state index < -0.39 is 0 Å². The number of aliphatic imine (C=N–C) groups is 1. The number of H-pyrrole nitrogens is 1. The Bertz CT molecular complexity index is 839. The lowest BCUT2D eigenvalue weighted by Crippen LogP contribution is -2.47. The summed E-state index contributed by atoms with van der Waals surface area (Å²) in [5.74, 6) is 1.00. The van der Waals surface area contributed by atoms with Crippen LogP contribution in [0.1, 0.15) is 43.2 Å². The van der Waals surface area contributed by atoms with Crippen molar-refractivity contribution in [2.45, 2.75) is 57.7 Å². The number of benzene rings is 1. The molecule has 1 atom stereocenters. The molecule has 2 N–H and O–H groups in total. The Morgan fingerprint density at radius 2 is 2.10 bits per heavy atom. The summed E-state index contributed by atoms with van der Waals surface area (Å²) in [7, 11) is 1.88. The van der Waals surface area contributed by atoms with Gasteiger partial charge in [-0.25, -0.2) is 0 Å². The molecule has 6 nitrogen and oxygen atoms in total. The van der Waals surface area contributed by atoms with Crippen molar-refractivity contribution in [3.63, 3.8) is 0 Å². The second-order valence-electron chi connectivity index (χ2n) is 8.54. The molecule has 0 saturated carbocycles. The zero-order valence-electron chi connectivity index (χ0n) is 18.9. The first-order valence-corrected chi connectivity index (χ1v) is 11.5. The minimum absolute atomic E-state index is 0. The summed E-state index contributed by atoms with van der Waals surface area (Å²) in [6.45, 7) is 6.65. The molecule has 2 aromatic rings. The van der Waals surface area contributed by atoms with Crippen LogP contribution in [0.15, 0.2) is 29.4 Å². The Balaban J connectivity index is 0.00000272. The minimum Gasteiger partial charge on any atom is -0.376 e. The van der Waals surface area contributed by atoms with Gasteiger partial charge < -0.3 is 24.7 Å². The maximum atomic E-state index is 6.15. The normalized spacial score (nSPS) is 20.6. The lowest BCUT2D eigenvalue weighted by atomic mass is 10.1. The molecule has 31 heavy (non-hydrogen) atoms. The zero-order valence-corrected chi connectivity index (χ0v) is 21.2. The molecule has 172 valence electrons. The number of likely N-dealkylation sites (tertiary alicyclic amines) is 1. The molecule has 1 unspecified atom stereocenters. The molecule has 4 rings (SSSR count). The Morgan fingerprint density at radius 3 is 2.84 bits per heavy atom. The molecular formula is C24H37IN4O2. The smallest absolute Gasteiger partial charge is 0.193 e. The fourth-order valence-electron chi connectivity index (χ4n) is 4.63. The van der Waals surface area contributed by atoms with Gasteiger partial charge in [-0.2, -0.15) is 0 Å². The summed E-state index contributed by atoms with van der Waals surface area (Å²) in [5.41, 5.74) is 3.90. The van der Waals surface area contributed by atoms with Gasteiger partial charge in [0, 0.05) is 50.4 Å². The number of piperidine rings is 1. The Hall–Kier alpha value is -1.32. The van der Waals surface area contributed by atoms with Crippen LogP contribution in [-0.2, 0) is 15.9 Å². The number of nitrogens with zero attached hydrogens (tertiary/aromatic N) is 2. The molecule has 2 aliphatic rings. The number of para-hydroxylation sites is 1. The van der Waals surface area contributed by atoms with Crippen molar-refractivity contribution in [3.8, 4) is 0 Å².